The van der Waals surface area contributed by atoms with E-state index in [1.54, 1.807) is 11.4 Å². The van der Waals surface area contributed by atoms with Crippen LogP contribution in [0.2, 0.25) is 0 Å². The molecule has 3 aromatic carbocycles. The molecule has 0 aliphatic carbocycles. The molecule has 3 rings (SSSR count). The van der Waals surface area contributed by atoms with Crippen LogP contribution in [0, 0.1) is 0 Å². The second-order valence-corrected chi connectivity index (χ2v) is 16.9. The predicted octanol–water partition coefficient (Wildman–Crippen LogP) is 12.1. The van der Waals surface area contributed by atoms with Gasteiger partial charge in [-0.15, -0.1) is 0 Å². The summed E-state index contributed by atoms with van der Waals surface area (Å²) in [6, 6.07) is 27.4. The average molecular weight is 597 g/mol. The van der Waals surface area contributed by atoms with Crippen molar-refractivity contribution in [1.29, 1.82) is 0 Å². The van der Waals surface area contributed by atoms with Crippen LogP contribution < -0.4 is 9.05 Å². The SMILES string of the molecule is CCCCCCCCc1ccc(OP(=S)(Oc2ccc(CCCCCCCC)cc2)SCc2ccccc2)cc1. The first-order chi connectivity index (χ1) is 19.6. The summed E-state index contributed by atoms with van der Waals surface area (Å²) in [6.45, 7) is 4.53. The van der Waals surface area contributed by atoms with E-state index in [1.807, 2.05) is 6.07 Å². The molecule has 0 radical (unpaired) electrons. The first-order valence-electron chi connectivity index (χ1n) is 15.5. The highest BCUT2D eigenvalue weighted by atomic mass is 32.9. The van der Waals surface area contributed by atoms with Crippen molar-refractivity contribution in [3.05, 3.63) is 95.6 Å². The minimum Gasteiger partial charge on any atom is -0.428 e. The molecule has 0 bridgehead atoms. The molecular weight excluding hydrogens is 547 g/mol. The van der Waals surface area contributed by atoms with E-state index in [4.69, 9.17) is 20.9 Å². The molecule has 0 unspecified atom stereocenters. The third-order valence-corrected chi connectivity index (χ3v) is 12.0. The summed E-state index contributed by atoms with van der Waals surface area (Å²) in [5.41, 5.74) is 1.25. The summed E-state index contributed by atoms with van der Waals surface area (Å²) in [7, 11) is 0. The van der Waals surface area contributed by atoms with Gasteiger partial charge in [0, 0.05) is 5.75 Å². The van der Waals surface area contributed by atoms with Gasteiger partial charge < -0.3 is 9.05 Å². The molecule has 0 amide bonds. The van der Waals surface area contributed by atoms with Crippen molar-refractivity contribution in [2.24, 2.45) is 0 Å². The van der Waals surface area contributed by atoms with Crippen LogP contribution in [-0.4, -0.2) is 0 Å². The number of hydrogen-bond acceptors (Lipinski definition) is 4. The Hall–Kier alpha value is -1.74. The monoisotopic (exact) mass is 596 g/mol. The fourth-order valence-electron chi connectivity index (χ4n) is 4.71. The summed E-state index contributed by atoms with van der Waals surface area (Å²) in [4.78, 5) is 0. The normalized spacial score (nSPS) is 11.4. The standard InChI is InChI=1S/C35H49O2PS2/c1-3-5-7-9-11-14-18-31-22-26-34(27-23-31)36-38(39,40-30-33-20-16-13-17-21-33)37-35-28-24-32(25-29-35)19-15-12-10-8-6-4-2/h13,16-17,20-29H,3-12,14-15,18-19,30H2,1-2H3. The van der Waals surface area contributed by atoms with Crippen molar-refractivity contribution in [3.8, 4) is 11.5 Å². The molecule has 0 aliphatic rings. The quantitative estimate of drug-likeness (QED) is 0.0899. The molecule has 0 saturated heterocycles. The maximum absolute atomic E-state index is 6.46. The van der Waals surface area contributed by atoms with E-state index in [2.05, 4.69) is 86.6 Å². The highest BCUT2D eigenvalue weighted by Crippen LogP contribution is 2.61. The van der Waals surface area contributed by atoms with Crippen molar-refractivity contribution >= 4 is 28.9 Å². The van der Waals surface area contributed by atoms with Gasteiger partial charge in [0.2, 0.25) is 0 Å². The van der Waals surface area contributed by atoms with Gasteiger partial charge in [0.25, 0.3) is 0 Å². The van der Waals surface area contributed by atoms with Gasteiger partial charge in [0.15, 0.2) is 0 Å². The number of unbranched alkanes of at least 4 members (excludes halogenated alkanes) is 10. The van der Waals surface area contributed by atoms with Gasteiger partial charge in [-0.3, -0.25) is 0 Å². The van der Waals surface area contributed by atoms with Crippen molar-refractivity contribution < 1.29 is 9.05 Å². The average Bonchev–Trinajstić information content (AvgIpc) is 2.98. The molecule has 0 saturated carbocycles. The lowest BCUT2D eigenvalue weighted by molar-refractivity contribution is 0.506. The number of benzene rings is 3. The molecule has 2 nitrogen and oxygen atoms in total. The van der Waals surface area contributed by atoms with Crippen LogP contribution in [0.25, 0.3) is 0 Å². The summed E-state index contributed by atoms with van der Waals surface area (Å²) >= 11 is 7.70. The minimum absolute atomic E-state index is 0.754. The second-order valence-electron chi connectivity index (χ2n) is 10.7. The Balaban J connectivity index is 1.57. The van der Waals surface area contributed by atoms with Crippen molar-refractivity contribution in [2.75, 3.05) is 0 Å². The Kier molecular flexibility index (Phi) is 15.9. The topological polar surface area (TPSA) is 18.5 Å². The molecule has 0 aliphatic heterocycles. The lowest BCUT2D eigenvalue weighted by Crippen LogP contribution is -1.99. The van der Waals surface area contributed by atoms with Crippen LogP contribution in [0.5, 0.6) is 11.5 Å². The van der Waals surface area contributed by atoms with Gasteiger partial charge in [0.1, 0.15) is 11.5 Å². The number of rotatable bonds is 21. The first kappa shape index (κ1) is 32.8. The molecule has 0 aromatic heterocycles. The van der Waals surface area contributed by atoms with Gasteiger partial charge in [-0.25, -0.2) is 0 Å². The van der Waals surface area contributed by atoms with Crippen molar-refractivity contribution in [3.63, 3.8) is 0 Å². The largest absolute Gasteiger partial charge is 0.428 e. The van der Waals surface area contributed by atoms with Gasteiger partial charge in [-0.2, -0.15) is 0 Å². The van der Waals surface area contributed by atoms with Crippen LogP contribution >= 0.6 is 17.1 Å². The molecule has 0 spiro atoms. The van der Waals surface area contributed by atoms with Gasteiger partial charge in [0.05, 0.1) is 0 Å². The zero-order chi connectivity index (χ0) is 28.3. The van der Waals surface area contributed by atoms with Crippen molar-refractivity contribution in [1.82, 2.24) is 0 Å². The molecule has 0 N–H and O–H groups in total. The van der Waals surface area contributed by atoms with E-state index in [9.17, 15) is 0 Å². The lowest BCUT2D eigenvalue weighted by atomic mass is 10.1. The van der Waals surface area contributed by atoms with E-state index in [0.717, 1.165) is 30.1 Å². The van der Waals surface area contributed by atoms with Crippen molar-refractivity contribution in [2.45, 2.75) is 109 Å². The highest BCUT2D eigenvalue weighted by molar-refractivity contribution is 8.67. The van der Waals surface area contributed by atoms with Gasteiger partial charge >= 0.3 is 5.69 Å². The zero-order valence-corrected chi connectivity index (χ0v) is 27.2. The van der Waals surface area contributed by atoms with Crippen LogP contribution in [0.1, 0.15) is 108 Å². The smallest absolute Gasteiger partial charge is 0.348 e. The molecule has 0 atom stereocenters. The summed E-state index contributed by atoms with van der Waals surface area (Å²) in [5, 5.41) is 0. The minimum atomic E-state index is -2.68. The van der Waals surface area contributed by atoms with E-state index in [-0.39, 0.29) is 0 Å². The summed E-state index contributed by atoms with van der Waals surface area (Å²) in [6.07, 6.45) is 18.0. The van der Waals surface area contributed by atoms with E-state index >= 15 is 0 Å². The third-order valence-electron chi connectivity index (χ3n) is 7.15. The molecule has 40 heavy (non-hydrogen) atoms. The lowest BCUT2D eigenvalue weighted by Gasteiger charge is -2.23. The fraction of sp³-hybridized carbons (Fsp3) is 0.486. The second kappa shape index (κ2) is 19.4. The Morgan fingerprint density at radius 3 is 1.40 bits per heavy atom. The number of hydrogen-bond donors (Lipinski definition) is 0. The van der Waals surface area contributed by atoms with E-state index < -0.39 is 5.69 Å². The predicted molar refractivity (Wildman–Crippen MR) is 180 cm³/mol. The van der Waals surface area contributed by atoms with Crippen LogP contribution in [0.15, 0.2) is 78.9 Å². The van der Waals surface area contributed by atoms with Crippen LogP contribution in [0.3, 0.4) is 0 Å². The molecule has 3 aromatic rings. The Morgan fingerprint density at radius 1 is 0.525 bits per heavy atom. The summed E-state index contributed by atoms with van der Waals surface area (Å²) < 4.78 is 12.9. The molecule has 5 heteroatoms. The highest BCUT2D eigenvalue weighted by Gasteiger charge is 2.24. The maximum Gasteiger partial charge on any atom is 0.348 e. The van der Waals surface area contributed by atoms with E-state index in [0.29, 0.717) is 0 Å². The molecule has 0 heterocycles. The van der Waals surface area contributed by atoms with Crippen LogP contribution in [-0.2, 0) is 30.4 Å². The Bertz CT molecular complexity index is 1030. The molecular formula is C35H49O2PS2. The Morgan fingerprint density at radius 2 is 0.950 bits per heavy atom. The Labute approximate surface area is 253 Å². The summed E-state index contributed by atoms with van der Waals surface area (Å²) in [5.74, 6) is 2.33. The number of aryl methyl sites for hydroxylation is 2. The van der Waals surface area contributed by atoms with E-state index in [1.165, 1.54) is 93.7 Å². The maximum atomic E-state index is 6.46. The van der Waals surface area contributed by atoms with Crippen LogP contribution in [0.4, 0.5) is 0 Å². The fourth-order valence-corrected chi connectivity index (χ4v) is 8.86. The molecule has 218 valence electrons. The zero-order valence-electron chi connectivity index (χ0n) is 24.7. The molecule has 0 fully saturated rings. The first-order valence-corrected chi connectivity index (χ1v) is 19.7. The third kappa shape index (κ3) is 13.3. The van der Waals surface area contributed by atoms with Gasteiger partial charge in [-0.05, 0) is 89.8 Å². The van der Waals surface area contributed by atoms with Gasteiger partial charge in [-0.1, -0.05) is 133 Å².